The number of ether oxygens (including phenoxy) is 2. The van der Waals surface area contributed by atoms with E-state index >= 15 is 0 Å². The summed E-state index contributed by atoms with van der Waals surface area (Å²) < 4.78 is 10.8. The summed E-state index contributed by atoms with van der Waals surface area (Å²) >= 11 is 6.24. The van der Waals surface area contributed by atoms with E-state index in [-0.39, 0.29) is 6.79 Å². The van der Waals surface area contributed by atoms with Crippen molar-refractivity contribution < 1.29 is 9.47 Å². The van der Waals surface area contributed by atoms with Gasteiger partial charge in [0.25, 0.3) is 0 Å². The van der Waals surface area contributed by atoms with Crippen molar-refractivity contribution in [3.05, 3.63) is 46.5 Å². The maximum atomic E-state index is 6.24. The number of para-hydroxylation sites is 1. The molecule has 0 fully saturated rings. The summed E-state index contributed by atoms with van der Waals surface area (Å²) in [6.07, 6.45) is 1.03. The Morgan fingerprint density at radius 2 is 2.14 bits per heavy atom. The van der Waals surface area contributed by atoms with E-state index in [4.69, 9.17) is 26.8 Å². The minimum atomic E-state index is 0.234. The molecular weight excluding hydrogens is 288 g/mol. The molecule has 0 radical (unpaired) electrons. The van der Waals surface area contributed by atoms with Crippen LogP contribution in [-0.4, -0.2) is 13.3 Å². The van der Waals surface area contributed by atoms with Crippen molar-refractivity contribution in [3.8, 4) is 11.5 Å². The van der Waals surface area contributed by atoms with Crippen LogP contribution < -0.4 is 20.1 Å². The lowest BCUT2D eigenvalue weighted by atomic mass is 10.1. The van der Waals surface area contributed by atoms with Crippen LogP contribution in [0.5, 0.6) is 11.5 Å². The first-order chi connectivity index (χ1) is 10.2. The molecule has 0 unspecified atom stereocenters. The Labute approximate surface area is 128 Å². The topological polar surface area (TPSA) is 47.7 Å². The molecule has 2 aromatic rings. The molecule has 4 rings (SSSR count). The summed E-state index contributed by atoms with van der Waals surface area (Å²) in [4.78, 5) is 2.29. The van der Waals surface area contributed by atoms with E-state index < -0.39 is 0 Å². The van der Waals surface area contributed by atoms with Crippen LogP contribution in [0.4, 0.5) is 11.4 Å². The lowest BCUT2D eigenvalue weighted by Gasteiger charge is -2.21. The van der Waals surface area contributed by atoms with E-state index in [1.807, 2.05) is 24.3 Å². The second kappa shape index (κ2) is 4.74. The minimum Gasteiger partial charge on any atom is -0.454 e. The third kappa shape index (κ3) is 2.07. The zero-order valence-electron chi connectivity index (χ0n) is 11.4. The number of hydrogen-bond donors (Lipinski definition) is 1. The second-order valence-electron chi connectivity index (χ2n) is 5.34. The Balaban J connectivity index is 1.66. The first-order valence-corrected chi connectivity index (χ1v) is 7.30. The standard InChI is InChI=1S/C16H15ClN2O2/c17-12-6-10(7-14-16(12)21-9-20-14)8-19-5-4-11-2-1-3-13(18)15(11)19/h1-3,6-7H,4-5,8-9,18H2. The molecule has 0 atom stereocenters. The molecule has 2 aliphatic rings. The molecule has 0 aromatic heterocycles. The van der Waals surface area contributed by atoms with Crippen LogP contribution in [0.1, 0.15) is 11.1 Å². The summed E-state index contributed by atoms with van der Waals surface area (Å²) in [5, 5.41) is 0.598. The van der Waals surface area contributed by atoms with Gasteiger partial charge in [0.15, 0.2) is 11.5 Å². The lowest BCUT2D eigenvalue weighted by Crippen LogP contribution is -2.20. The van der Waals surface area contributed by atoms with E-state index in [9.17, 15) is 0 Å². The minimum absolute atomic E-state index is 0.234. The molecule has 2 aliphatic heterocycles. The maximum Gasteiger partial charge on any atom is 0.231 e. The van der Waals surface area contributed by atoms with Crippen molar-refractivity contribution in [1.82, 2.24) is 0 Å². The number of rotatable bonds is 2. The summed E-state index contributed by atoms with van der Waals surface area (Å²) in [6.45, 7) is 1.96. The summed E-state index contributed by atoms with van der Waals surface area (Å²) in [5.74, 6) is 1.36. The van der Waals surface area contributed by atoms with Crippen LogP contribution in [-0.2, 0) is 13.0 Å². The van der Waals surface area contributed by atoms with Gasteiger partial charge < -0.3 is 20.1 Å². The molecule has 2 heterocycles. The lowest BCUT2D eigenvalue weighted by molar-refractivity contribution is 0.174. The molecule has 4 nitrogen and oxygen atoms in total. The molecule has 2 N–H and O–H groups in total. The molecular formula is C16H15ClN2O2. The Hall–Kier alpha value is -2.07. The SMILES string of the molecule is Nc1cccc2c1N(Cc1cc(Cl)c3c(c1)OCO3)CC2. The first kappa shape index (κ1) is 12.7. The van der Waals surface area contributed by atoms with Crippen LogP contribution in [0.2, 0.25) is 5.02 Å². The quantitative estimate of drug-likeness (QED) is 0.865. The third-order valence-corrected chi connectivity index (χ3v) is 4.26. The third-order valence-electron chi connectivity index (χ3n) is 3.98. The predicted octanol–water partition coefficient (Wildman–Crippen LogP) is 3.21. The van der Waals surface area contributed by atoms with Crippen LogP contribution in [0.25, 0.3) is 0 Å². The molecule has 0 amide bonds. The summed E-state index contributed by atoms with van der Waals surface area (Å²) in [7, 11) is 0. The van der Waals surface area contributed by atoms with E-state index in [1.54, 1.807) is 0 Å². The number of nitrogens with two attached hydrogens (primary N) is 1. The Morgan fingerprint density at radius 3 is 3.05 bits per heavy atom. The number of nitrogens with zero attached hydrogens (tertiary/aromatic N) is 1. The molecule has 0 saturated carbocycles. The van der Waals surface area contributed by atoms with Gasteiger partial charge in [-0.15, -0.1) is 0 Å². The molecule has 0 saturated heterocycles. The van der Waals surface area contributed by atoms with Crippen LogP contribution in [0, 0.1) is 0 Å². The summed E-state index contributed by atoms with van der Waals surface area (Å²) in [6, 6.07) is 10.0. The molecule has 108 valence electrons. The zero-order valence-corrected chi connectivity index (χ0v) is 12.2. The van der Waals surface area contributed by atoms with Gasteiger partial charge in [-0.1, -0.05) is 23.7 Å². The largest absolute Gasteiger partial charge is 0.454 e. The van der Waals surface area contributed by atoms with E-state index in [0.717, 1.165) is 42.2 Å². The molecule has 0 bridgehead atoms. The average molecular weight is 303 g/mol. The fourth-order valence-corrected chi connectivity index (χ4v) is 3.34. The maximum absolute atomic E-state index is 6.24. The van der Waals surface area contributed by atoms with Crippen molar-refractivity contribution in [1.29, 1.82) is 0 Å². The number of benzene rings is 2. The first-order valence-electron chi connectivity index (χ1n) is 6.93. The normalized spacial score (nSPS) is 15.4. The predicted molar refractivity (Wildman–Crippen MR) is 83.2 cm³/mol. The van der Waals surface area contributed by atoms with Gasteiger partial charge in [0.2, 0.25) is 6.79 Å². The zero-order chi connectivity index (χ0) is 14.4. The van der Waals surface area contributed by atoms with Gasteiger partial charge >= 0.3 is 0 Å². The van der Waals surface area contributed by atoms with E-state index in [0.29, 0.717) is 10.8 Å². The number of halogens is 1. The van der Waals surface area contributed by atoms with Gasteiger partial charge in [-0.05, 0) is 35.7 Å². The Morgan fingerprint density at radius 1 is 1.24 bits per heavy atom. The van der Waals surface area contributed by atoms with Crippen LogP contribution >= 0.6 is 11.6 Å². The highest BCUT2D eigenvalue weighted by atomic mass is 35.5. The molecule has 5 heteroatoms. The van der Waals surface area contributed by atoms with Crippen molar-refractivity contribution in [3.63, 3.8) is 0 Å². The van der Waals surface area contributed by atoms with Crippen molar-refractivity contribution in [2.75, 3.05) is 24.0 Å². The van der Waals surface area contributed by atoms with Crippen molar-refractivity contribution >= 4 is 23.0 Å². The van der Waals surface area contributed by atoms with Crippen LogP contribution in [0.15, 0.2) is 30.3 Å². The van der Waals surface area contributed by atoms with Gasteiger partial charge in [0.1, 0.15) is 0 Å². The number of anilines is 2. The van der Waals surface area contributed by atoms with Gasteiger partial charge in [-0.3, -0.25) is 0 Å². The number of hydrogen-bond acceptors (Lipinski definition) is 4. The highest BCUT2D eigenvalue weighted by molar-refractivity contribution is 6.32. The van der Waals surface area contributed by atoms with E-state index in [1.165, 1.54) is 5.56 Å². The number of nitrogen functional groups attached to an aromatic ring is 1. The van der Waals surface area contributed by atoms with Gasteiger partial charge in [0, 0.05) is 13.1 Å². The Bertz CT molecular complexity index is 718. The summed E-state index contributed by atoms with van der Waals surface area (Å²) in [5.41, 5.74) is 10.5. The van der Waals surface area contributed by atoms with Crippen LogP contribution in [0.3, 0.4) is 0 Å². The fourth-order valence-electron chi connectivity index (χ4n) is 3.06. The average Bonchev–Trinajstić information content (AvgIpc) is 3.07. The highest BCUT2D eigenvalue weighted by Crippen LogP contribution is 2.41. The molecule has 21 heavy (non-hydrogen) atoms. The van der Waals surface area contributed by atoms with Gasteiger partial charge in [-0.25, -0.2) is 0 Å². The van der Waals surface area contributed by atoms with E-state index in [2.05, 4.69) is 11.0 Å². The molecule has 0 aliphatic carbocycles. The molecule has 2 aromatic carbocycles. The monoisotopic (exact) mass is 302 g/mol. The Kier molecular flexibility index (Phi) is 2.86. The number of fused-ring (bicyclic) bond motifs is 2. The smallest absolute Gasteiger partial charge is 0.231 e. The highest BCUT2D eigenvalue weighted by Gasteiger charge is 2.23. The van der Waals surface area contributed by atoms with Crippen molar-refractivity contribution in [2.24, 2.45) is 0 Å². The van der Waals surface area contributed by atoms with Gasteiger partial charge in [0.05, 0.1) is 16.4 Å². The second-order valence-corrected chi connectivity index (χ2v) is 5.75. The van der Waals surface area contributed by atoms with Gasteiger partial charge in [-0.2, -0.15) is 0 Å². The molecule has 0 spiro atoms. The fraction of sp³-hybridized carbons (Fsp3) is 0.250. The van der Waals surface area contributed by atoms with Crippen molar-refractivity contribution in [2.45, 2.75) is 13.0 Å².